The van der Waals surface area contributed by atoms with Crippen molar-refractivity contribution in [1.82, 2.24) is 4.31 Å². The van der Waals surface area contributed by atoms with E-state index in [1.807, 2.05) is 0 Å². The lowest BCUT2D eigenvalue weighted by molar-refractivity contribution is -0.126. The highest BCUT2D eigenvalue weighted by molar-refractivity contribution is 7.84. The molecule has 5 nitrogen and oxygen atoms in total. The summed E-state index contributed by atoms with van der Waals surface area (Å²) in [5, 5.41) is 0. The van der Waals surface area contributed by atoms with Gasteiger partial charge in [-0.25, -0.2) is 4.31 Å². The zero-order valence-corrected chi connectivity index (χ0v) is 18.8. The first-order valence-electron chi connectivity index (χ1n) is 11.1. The van der Waals surface area contributed by atoms with Gasteiger partial charge in [0.2, 0.25) is 5.91 Å². The van der Waals surface area contributed by atoms with Gasteiger partial charge >= 0.3 is 10.3 Å². The van der Waals surface area contributed by atoms with Crippen LogP contribution in [0.5, 0.6) is 0 Å². The van der Waals surface area contributed by atoms with Gasteiger partial charge < -0.3 is 0 Å². The van der Waals surface area contributed by atoms with E-state index in [2.05, 4.69) is 11.1 Å². The Morgan fingerprint density at radius 2 is 1.07 bits per heavy atom. The van der Waals surface area contributed by atoms with E-state index >= 15 is 0 Å². The fraction of sp³-hybridized carbons (Fsp3) is 0.952. The molecule has 162 valence electrons. The van der Waals surface area contributed by atoms with Gasteiger partial charge in [-0.05, 0) is 13.3 Å². The number of amides is 1. The summed E-state index contributed by atoms with van der Waals surface area (Å²) in [5.74, 6) is -0.391. The highest BCUT2D eigenvalue weighted by Crippen LogP contribution is 2.14. The predicted octanol–water partition coefficient (Wildman–Crippen LogP) is 5.99. The fourth-order valence-electron chi connectivity index (χ4n) is 3.16. The van der Waals surface area contributed by atoms with Crippen LogP contribution in [-0.4, -0.2) is 32.3 Å². The lowest BCUT2D eigenvalue weighted by atomic mass is 10.0. The molecule has 0 aliphatic rings. The normalized spacial score (nSPS) is 11.7. The van der Waals surface area contributed by atoms with Crippen LogP contribution in [0.4, 0.5) is 0 Å². The first-order chi connectivity index (χ1) is 13.0. The molecule has 0 aromatic heterocycles. The molecule has 0 bridgehead atoms. The molecule has 1 amide bonds. The summed E-state index contributed by atoms with van der Waals surface area (Å²) in [5.41, 5.74) is 0. The van der Waals surface area contributed by atoms with Crippen molar-refractivity contribution in [2.24, 2.45) is 0 Å². The SMILES string of the molecule is CCCCCCCCCCCCCCCCCC(=O)N(C)S(=O)(=O)OCC. The molecule has 6 heteroatoms. The Hall–Kier alpha value is -0.620. The average Bonchev–Trinajstić information content (AvgIpc) is 2.64. The predicted molar refractivity (Wildman–Crippen MR) is 113 cm³/mol. The highest BCUT2D eigenvalue weighted by atomic mass is 32.2. The van der Waals surface area contributed by atoms with E-state index in [0.29, 0.717) is 0 Å². The molecule has 0 rings (SSSR count). The molecule has 0 fully saturated rings. The van der Waals surface area contributed by atoms with Gasteiger partial charge in [0.1, 0.15) is 0 Å². The van der Waals surface area contributed by atoms with E-state index in [1.54, 1.807) is 6.92 Å². The Bertz CT molecular complexity index is 451. The number of hydrogen-bond donors (Lipinski definition) is 0. The molecule has 27 heavy (non-hydrogen) atoms. The minimum Gasteiger partial charge on any atom is -0.274 e. The topological polar surface area (TPSA) is 63.7 Å². The van der Waals surface area contributed by atoms with E-state index in [1.165, 1.54) is 84.1 Å². The Morgan fingerprint density at radius 3 is 1.44 bits per heavy atom. The zero-order valence-electron chi connectivity index (χ0n) is 18.0. The van der Waals surface area contributed by atoms with Crippen LogP contribution < -0.4 is 0 Å². The molecule has 0 atom stereocenters. The van der Waals surface area contributed by atoms with Crippen molar-refractivity contribution in [2.75, 3.05) is 13.7 Å². The number of hydrogen-bond acceptors (Lipinski definition) is 4. The summed E-state index contributed by atoms with van der Waals surface area (Å²) in [6.07, 6.45) is 19.3. The number of carbonyl (C=O) groups is 1. The Balaban J connectivity index is 3.41. The Kier molecular flexibility index (Phi) is 17.1. The maximum atomic E-state index is 11.9. The summed E-state index contributed by atoms with van der Waals surface area (Å²) in [7, 11) is -2.63. The maximum absolute atomic E-state index is 11.9. The van der Waals surface area contributed by atoms with E-state index in [0.717, 1.165) is 23.6 Å². The van der Waals surface area contributed by atoms with Crippen molar-refractivity contribution in [3.05, 3.63) is 0 Å². The van der Waals surface area contributed by atoms with Crippen LogP contribution in [-0.2, 0) is 19.3 Å². The molecule has 0 N–H and O–H groups in total. The number of nitrogens with zero attached hydrogens (tertiary/aromatic N) is 1. The summed E-state index contributed by atoms with van der Waals surface area (Å²) >= 11 is 0. The molecule has 0 aliphatic carbocycles. The average molecular weight is 406 g/mol. The van der Waals surface area contributed by atoms with Gasteiger partial charge in [0.05, 0.1) is 6.61 Å². The van der Waals surface area contributed by atoms with Crippen LogP contribution in [0, 0.1) is 0 Å². The van der Waals surface area contributed by atoms with Crippen LogP contribution in [0.2, 0.25) is 0 Å². The van der Waals surface area contributed by atoms with Crippen LogP contribution in [0.15, 0.2) is 0 Å². The molecule has 0 aromatic carbocycles. The van der Waals surface area contributed by atoms with E-state index in [9.17, 15) is 13.2 Å². The molecule has 0 saturated heterocycles. The summed E-state index contributed by atoms with van der Waals surface area (Å²) in [6, 6.07) is 0. The minimum absolute atomic E-state index is 0.0406. The van der Waals surface area contributed by atoms with Crippen molar-refractivity contribution in [3.63, 3.8) is 0 Å². The number of rotatable bonds is 19. The van der Waals surface area contributed by atoms with E-state index in [4.69, 9.17) is 0 Å². The molecule has 0 spiro atoms. The molecular formula is C21H43NO4S. The van der Waals surface area contributed by atoms with Gasteiger partial charge in [0.15, 0.2) is 0 Å². The lowest BCUT2D eigenvalue weighted by Crippen LogP contribution is -2.34. The maximum Gasteiger partial charge on any atom is 0.364 e. The Morgan fingerprint density at radius 1 is 0.704 bits per heavy atom. The summed E-state index contributed by atoms with van der Waals surface area (Å²) in [6.45, 7) is 3.89. The third kappa shape index (κ3) is 15.0. The second-order valence-electron chi connectivity index (χ2n) is 7.43. The van der Waals surface area contributed by atoms with Crippen LogP contribution in [0.25, 0.3) is 0 Å². The van der Waals surface area contributed by atoms with Crippen molar-refractivity contribution >= 4 is 16.2 Å². The van der Waals surface area contributed by atoms with Crippen LogP contribution in [0.1, 0.15) is 117 Å². The van der Waals surface area contributed by atoms with Crippen molar-refractivity contribution in [2.45, 2.75) is 117 Å². The first-order valence-corrected chi connectivity index (χ1v) is 12.5. The van der Waals surface area contributed by atoms with E-state index < -0.39 is 16.2 Å². The fourth-order valence-corrected chi connectivity index (χ4v) is 3.95. The number of carbonyl (C=O) groups excluding carboxylic acids is 1. The quantitative estimate of drug-likeness (QED) is 0.248. The first kappa shape index (κ1) is 26.4. The third-order valence-corrected chi connectivity index (χ3v) is 6.36. The van der Waals surface area contributed by atoms with Crippen molar-refractivity contribution < 1.29 is 17.4 Å². The van der Waals surface area contributed by atoms with Gasteiger partial charge in [0, 0.05) is 13.5 Å². The lowest BCUT2D eigenvalue weighted by Gasteiger charge is -2.16. The second-order valence-corrected chi connectivity index (χ2v) is 9.06. The monoisotopic (exact) mass is 405 g/mol. The smallest absolute Gasteiger partial charge is 0.274 e. The van der Waals surface area contributed by atoms with Gasteiger partial charge in [-0.1, -0.05) is 96.8 Å². The molecule has 0 aliphatic heterocycles. The van der Waals surface area contributed by atoms with Crippen LogP contribution in [0.3, 0.4) is 0 Å². The summed E-state index contributed by atoms with van der Waals surface area (Å²) in [4.78, 5) is 11.9. The van der Waals surface area contributed by atoms with E-state index in [-0.39, 0.29) is 13.0 Å². The van der Waals surface area contributed by atoms with Gasteiger partial charge in [-0.3, -0.25) is 8.98 Å². The standard InChI is InChI=1S/C21H43NO4S/c1-4-6-7-8-9-10-11-12-13-14-15-16-17-18-19-20-21(23)22(3)27(24,25)26-5-2/h4-20H2,1-3H3. The zero-order chi connectivity index (χ0) is 20.4. The molecule has 0 heterocycles. The van der Waals surface area contributed by atoms with Crippen LogP contribution >= 0.6 is 0 Å². The summed E-state index contributed by atoms with van der Waals surface area (Å²) < 4.78 is 28.6. The van der Waals surface area contributed by atoms with Crippen molar-refractivity contribution in [1.29, 1.82) is 0 Å². The second kappa shape index (κ2) is 17.5. The largest absolute Gasteiger partial charge is 0.364 e. The molecule has 0 radical (unpaired) electrons. The Labute approximate surface area is 168 Å². The van der Waals surface area contributed by atoms with Gasteiger partial charge in [-0.2, -0.15) is 8.42 Å². The molecule has 0 unspecified atom stereocenters. The highest BCUT2D eigenvalue weighted by Gasteiger charge is 2.22. The molecule has 0 saturated carbocycles. The van der Waals surface area contributed by atoms with Crippen molar-refractivity contribution in [3.8, 4) is 0 Å². The molecular weight excluding hydrogens is 362 g/mol. The number of unbranched alkanes of at least 4 members (excludes halogenated alkanes) is 14. The van der Waals surface area contributed by atoms with Gasteiger partial charge in [0.25, 0.3) is 0 Å². The molecule has 0 aromatic rings. The van der Waals surface area contributed by atoms with Gasteiger partial charge in [-0.15, -0.1) is 0 Å². The third-order valence-electron chi connectivity index (χ3n) is 4.95. The minimum atomic E-state index is -3.90.